The topological polar surface area (TPSA) is 26.3 Å². The van der Waals surface area contributed by atoms with Gasteiger partial charge in [0.1, 0.15) is 12.0 Å². The van der Waals surface area contributed by atoms with Gasteiger partial charge in [-0.15, -0.1) is 0 Å². The van der Waals surface area contributed by atoms with Crippen LogP contribution in [0.1, 0.15) is 24.3 Å². The molecule has 2 heteroatoms. The van der Waals surface area contributed by atoms with Crippen LogP contribution in [0.15, 0.2) is 39.8 Å². The molecule has 1 saturated carbocycles. The van der Waals surface area contributed by atoms with Gasteiger partial charge in [-0.3, -0.25) is 0 Å². The molecule has 1 aliphatic carbocycles. The van der Waals surface area contributed by atoms with Crippen LogP contribution in [0, 0.1) is 0 Å². The van der Waals surface area contributed by atoms with Gasteiger partial charge in [-0.2, -0.15) is 0 Å². The van der Waals surface area contributed by atoms with Gasteiger partial charge < -0.3 is 8.83 Å². The molecular formula is C11H10O2. The molecule has 0 saturated heterocycles. The first-order chi connectivity index (χ1) is 6.43. The standard InChI is InChI=1S/C11H10O2/c1-2-8(1)10-5-11(13-7-10)9-3-4-12-6-9/h3-8H,1-2H2. The summed E-state index contributed by atoms with van der Waals surface area (Å²) in [6.07, 6.45) is 7.85. The molecule has 0 atom stereocenters. The monoisotopic (exact) mass is 174 g/mol. The highest BCUT2D eigenvalue weighted by atomic mass is 16.3. The maximum atomic E-state index is 5.45. The Morgan fingerprint density at radius 3 is 2.85 bits per heavy atom. The molecule has 1 aliphatic rings. The van der Waals surface area contributed by atoms with Crippen LogP contribution < -0.4 is 0 Å². The third-order valence-electron chi connectivity index (χ3n) is 2.47. The summed E-state index contributed by atoms with van der Waals surface area (Å²) in [7, 11) is 0. The van der Waals surface area contributed by atoms with Gasteiger partial charge in [-0.1, -0.05) is 0 Å². The van der Waals surface area contributed by atoms with Gasteiger partial charge in [0, 0.05) is 0 Å². The summed E-state index contributed by atoms with van der Waals surface area (Å²) < 4.78 is 10.4. The molecule has 0 spiro atoms. The summed E-state index contributed by atoms with van der Waals surface area (Å²) >= 11 is 0. The van der Waals surface area contributed by atoms with Crippen LogP contribution in [0.25, 0.3) is 11.3 Å². The predicted molar refractivity (Wildman–Crippen MR) is 48.4 cm³/mol. The van der Waals surface area contributed by atoms with Crippen LogP contribution in [-0.2, 0) is 0 Å². The second-order valence-corrected chi connectivity index (χ2v) is 3.53. The number of hydrogen-bond acceptors (Lipinski definition) is 2. The maximum Gasteiger partial charge on any atom is 0.137 e. The average Bonchev–Trinajstić information content (AvgIpc) is 2.72. The average molecular weight is 174 g/mol. The first-order valence-corrected chi connectivity index (χ1v) is 4.54. The van der Waals surface area contributed by atoms with Crippen LogP contribution in [0.2, 0.25) is 0 Å². The van der Waals surface area contributed by atoms with Crippen LogP contribution in [0.3, 0.4) is 0 Å². The normalized spacial score (nSPS) is 16.3. The van der Waals surface area contributed by atoms with E-state index in [1.807, 2.05) is 12.3 Å². The van der Waals surface area contributed by atoms with Gasteiger partial charge in [0.2, 0.25) is 0 Å². The van der Waals surface area contributed by atoms with E-state index in [0.717, 1.165) is 17.2 Å². The molecule has 66 valence electrons. The SMILES string of the molecule is c1cc(-c2cc(C3CC3)co2)co1. The molecule has 2 nitrogen and oxygen atoms in total. The Labute approximate surface area is 76.2 Å². The van der Waals surface area contributed by atoms with E-state index in [-0.39, 0.29) is 0 Å². The van der Waals surface area contributed by atoms with Crippen molar-refractivity contribution in [2.45, 2.75) is 18.8 Å². The van der Waals surface area contributed by atoms with Crippen LogP contribution in [0.4, 0.5) is 0 Å². The van der Waals surface area contributed by atoms with Gasteiger partial charge >= 0.3 is 0 Å². The predicted octanol–water partition coefficient (Wildman–Crippen LogP) is 3.42. The molecule has 0 amide bonds. The highest BCUT2D eigenvalue weighted by Gasteiger charge is 2.25. The summed E-state index contributed by atoms with van der Waals surface area (Å²) in [4.78, 5) is 0. The molecule has 0 unspecified atom stereocenters. The van der Waals surface area contributed by atoms with E-state index in [4.69, 9.17) is 8.83 Å². The number of rotatable bonds is 2. The van der Waals surface area contributed by atoms with E-state index in [1.165, 1.54) is 18.4 Å². The Kier molecular flexibility index (Phi) is 1.36. The lowest BCUT2D eigenvalue weighted by atomic mass is 10.2. The lowest BCUT2D eigenvalue weighted by Crippen LogP contribution is -1.69. The van der Waals surface area contributed by atoms with Crippen molar-refractivity contribution in [3.05, 3.63) is 36.5 Å². The lowest BCUT2D eigenvalue weighted by molar-refractivity contribution is 0.559. The van der Waals surface area contributed by atoms with E-state index in [2.05, 4.69) is 6.07 Å². The van der Waals surface area contributed by atoms with Gasteiger partial charge in [-0.25, -0.2) is 0 Å². The number of furan rings is 2. The van der Waals surface area contributed by atoms with Crippen molar-refractivity contribution in [2.75, 3.05) is 0 Å². The highest BCUT2D eigenvalue weighted by Crippen LogP contribution is 2.41. The quantitative estimate of drug-likeness (QED) is 0.697. The lowest BCUT2D eigenvalue weighted by Gasteiger charge is -1.85. The largest absolute Gasteiger partial charge is 0.472 e. The van der Waals surface area contributed by atoms with Crippen LogP contribution in [0.5, 0.6) is 0 Å². The number of hydrogen-bond donors (Lipinski definition) is 0. The van der Waals surface area contributed by atoms with E-state index in [9.17, 15) is 0 Å². The summed E-state index contributed by atoms with van der Waals surface area (Å²) in [6, 6.07) is 4.03. The summed E-state index contributed by atoms with van der Waals surface area (Å²) in [5.41, 5.74) is 2.35. The molecule has 1 fully saturated rings. The Morgan fingerprint density at radius 2 is 2.15 bits per heavy atom. The van der Waals surface area contributed by atoms with Crippen molar-refractivity contribution in [1.29, 1.82) is 0 Å². The fraction of sp³-hybridized carbons (Fsp3) is 0.273. The Balaban J connectivity index is 1.97. The Morgan fingerprint density at radius 1 is 1.23 bits per heavy atom. The van der Waals surface area contributed by atoms with Crippen molar-refractivity contribution < 1.29 is 8.83 Å². The summed E-state index contributed by atoms with van der Waals surface area (Å²) in [5, 5.41) is 0. The zero-order valence-electron chi connectivity index (χ0n) is 7.19. The molecule has 0 N–H and O–H groups in total. The van der Waals surface area contributed by atoms with Gasteiger partial charge in [0.25, 0.3) is 0 Å². The zero-order chi connectivity index (χ0) is 8.67. The zero-order valence-corrected chi connectivity index (χ0v) is 7.19. The minimum Gasteiger partial charge on any atom is -0.472 e. The fourth-order valence-corrected chi connectivity index (χ4v) is 1.54. The smallest absolute Gasteiger partial charge is 0.137 e. The third-order valence-corrected chi connectivity index (χ3v) is 2.47. The molecular weight excluding hydrogens is 164 g/mol. The first-order valence-electron chi connectivity index (χ1n) is 4.54. The Hall–Kier alpha value is -1.44. The molecule has 2 aromatic heterocycles. The fourth-order valence-electron chi connectivity index (χ4n) is 1.54. The second-order valence-electron chi connectivity index (χ2n) is 3.53. The molecule has 2 aromatic rings. The molecule has 2 heterocycles. The molecule has 0 radical (unpaired) electrons. The maximum absolute atomic E-state index is 5.45. The second kappa shape index (κ2) is 2.52. The molecule has 0 aromatic carbocycles. The molecule has 0 bridgehead atoms. The minimum atomic E-state index is 0.754. The highest BCUT2D eigenvalue weighted by molar-refractivity contribution is 5.56. The molecule has 3 rings (SSSR count). The summed E-state index contributed by atoms with van der Waals surface area (Å²) in [5.74, 6) is 1.67. The minimum absolute atomic E-state index is 0.754. The van der Waals surface area contributed by atoms with E-state index >= 15 is 0 Å². The Bertz CT molecular complexity index is 393. The van der Waals surface area contributed by atoms with Crippen LogP contribution in [-0.4, -0.2) is 0 Å². The van der Waals surface area contributed by atoms with Crippen molar-refractivity contribution in [1.82, 2.24) is 0 Å². The van der Waals surface area contributed by atoms with E-state index in [0.29, 0.717) is 0 Å². The van der Waals surface area contributed by atoms with Gasteiger partial charge in [0.15, 0.2) is 0 Å². The van der Waals surface area contributed by atoms with Gasteiger partial charge in [0.05, 0.1) is 18.1 Å². The van der Waals surface area contributed by atoms with Crippen molar-refractivity contribution >= 4 is 0 Å². The molecule has 0 aliphatic heterocycles. The van der Waals surface area contributed by atoms with Crippen LogP contribution >= 0.6 is 0 Å². The van der Waals surface area contributed by atoms with E-state index in [1.54, 1.807) is 12.5 Å². The summed E-state index contributed by atoms with van der Waals surface area (Å²) in [6.45, 7) is 0. The first kappa shape index (κ1) is 7.01. The van der Waals surface area contributed by atoms with Gasteiger partial charge in [-0.05, 0) is 36.5 Å². The van der Waals surface area contributed by atoms with Crippen molar-refractivity contribution in [2.24, 2.45) is 0 Å². The van der Waals surface area contributed by atoms with Crippen molar-refractivity contribution in [3.63, 3.8) is 0 Å². The van der Waals surface area contributed by atoms with Crippen molar-refractivity contribution in [3.8, 4) is 11.3 Å². The molecule has 13 heavy (non-hydrogen) atoms. The third kappa shape index (κ3) is 1.18. The van der Waals surface area contributed by atoms with E-state index < -0.39 is 0 Å².